The first-order chi connectivity index (χ1) is 9.68. The second kappa shape index (κ2) is 7.33. The van der Waals surface area contributed by atoms with Crippen molar-refractivity contribution < 1.29 is 14.7 Å². The fraction of sp³-hybridized carbons (Fsp3) is 0.467. The van der Waals surface area contributed by atoms with Gasteiger partial charge >= 0.3 is 5.97 Å². The Labute approximate surface area is 123 Å². The lowest BCUT2D eigenvalue weighted by atomic mass is 10.1. The molecule has 0 aliphatic carbocycles. The predicted octanol–water partition coefficient (Wildman–Crippen LogP) is 2.39. The van der Waals surface area contributed by atoms with Crippen molar-refractivity contribution in [1.29, 1.82) is 0 Å². The summed E-state index contributed by atoms with van der Waals surface area (Å²) in [7, 11) is 0. The van der Waals surface area contributed by atoms with E-state index < -0.39 is 12.0 Å². The highest BCUT2D eigenvalue weighted by molar-refractivity contribution is 7.99. The zero-order valence-corrected chi connectivity index (χ0v) is 12.1. The number of aryl methyl sites for hydroxylation is 1. The molecule has 0 radical (unpaired) electrons. The average Bonchev–Trinajstić information content (AvgIpc) is 2.94. The molecule has 1 aromatic carbocycles. The number of carbonyl (C=O) groups is 2. The van der Waals surface area contributed by atoms with Gasteiger partial charge in [0.2, 0.25) is 5.91 Å². The van der Waals surface area contributed by atoms with Crippen molar-refractivity contribution in [3.8, 4) is 0 Å². The Hall–Kier alpha value is -1.49. The third-order valence-electron chi connectivity index (χ3n) is 3.44. The highest BCUT2D eigenvalue weighted by Crippen LogP contribution is 2.22. The highest BCUT2D eigenvalue weighted by Gasteiger charge is 2.33. The molecular formula is C15H19NO3S. The van der Waals surface area contributed by atoms with E-state index in [1.807, 2.05) is 18.2 Å². The van der Waals surface area contributed by atoms with E-state index >= 15 is 0 Å². The van der Waals surface area contributed by atoms with Gasteiger partial charge in [0.15, 0.2) is 0 Å². The van der Waals surface area contributed by atoms with E-state index in [0.717, 1.165) is 19.3 Å². The van der Waals surface area contributed by atoms with Gasteiger partial charge in [0.05, 0.1) is 5.88 Å². The molecule has 1 aliphatic heterocycles. The minimum absolute atomic E-state index is 0.0320. The molecule has 0 bridgehead atoms. The second-order valence-corrected chi connectivity index (χ2v) is 5.91. The van der Waals surface area contributed by atoms with E-state index in [4.69, 9.17) is 5.11 Å². The van der Waals surface area contributed by atoms with Gasteiger partial charge in [-0.25, -0.2) is 4.79 Å². The van der Waals surface area contributed by atoms with Crippen LogP contribution in [0.25, 0.3) is 0 Å². The number of nitrogens with zero attached hydrogens (tertiary/aromatic N) is 1. The van der Waals surface area contributed by atoms with Crippen molar-refractivity contribution in [2.45, 2.75) is 31.7 Å². The summed E-state index contributed by atoms with van der Waals surface area (Å²) in [6, 6.07) is 9.54. The Bertz CT molecular complexity index is 463. The van der Waals surface area contributed by atoms with Crippen molar-refractivity contribution in [2.75, 3.05) is 11.6 Å². The minimum atomic E-state index is -0.896. The Balaban J connectivity index is 1.71. The molecule has 5 heteroatoms. The van der Waals surface area contributed by atoms with Crippen molar-refractivity contribution in [2.24, 2.45) is 0 Å². The molecule has 1 aromatic rings. The molecular weight excluding hydrogens is 274 g/mol. The molecule has 1 atom stereocenters. The van der Waals surface area contributed by atoms with Crippen LogP contribution in [0.5, 0.6) is 0 Å². The molecule has 1 N–H and O–H groups in total. The zero-order chi connectivity index (χ0) is 14.4. The maximum atomic E-state index is 12.0. The third-order valence-corrected chi connectivity index (χ3v) is 4.45. The number of rotatable bonds is 6. The van der Waals surface area contributed by atoms with Gasteiger partial charge in [0.25, 0.3) is 0 Å². The maximum Gasteiger partial charge on any atom is 0.327 e. The number of unbranched alkanes of at least 4 members (excludes halogenated alkanes) is 1. The molecule has 20 heavy (non-hydrogen) atoms. The first-order valence-corrected chi connectivity index (χ1v) is 7.98. The predicted molar refractivity (Wildman–Crippen MR) is 79.6 cm³/mol. The van der Waals surface area contributed by atoms with Gasteiger partial charge in [-0.2, -0.15) is 0 Å². The van der Waals surface area contributed by atoms with Crippen molar-refractivity contribution in [3.63, 3.8) is 0 Å². The van der Waals surface area contributed by atoms with E-state index in [0.29, 0.717) is 18.1 Å². The number of carbonyl (C=O) groups excluding carboxylic acids is 1. The first kappa shape index (κ1) is 14.9. The highest BCUT2D eigenvalue weighted by atomic mass is 32.2. The summed E-state index contributed by atoms with van der Waals surface area (Å²) in [4.78, 5) is 24.5. The molecule has 1 aliphatic rings. The van der Waals surface area contributed by atoms with E-state index in [9.17, 15) is 9.59 Å². The zero-order valence-electron chi connectivity index (χ0n) is 11.3. The third kappa shape index (κ3) is 4.00. The van der Waals surface area contributed by atoms with Gasteiger partial charge in [-0.05, 0) is 24.8 Å². The van der Waals surface area contributed by atoms with Gasteiger partial charge in [-0.1, -0.05) is 30.3 Å². The van der Waals surface area contributed by atoms with Crippen LogP contribution in [0.2, 0.25) is 0 Å². The van der Waals surface area contributed by atoms with E-state index in [1.54, 1.807) is 0 Å². The number of hydrogen-bond acceptors (Lipinski definition) is 3. The monoisotopic (exact) mass is 293 g/mol. The van der Waals surface area contributed by atoms with Gasteiger partial charge in [-0.3, -0.25) is 4.79 Å². The van der Waals surface area contributed by atoms with Crippen molar-refractivity contribution in [1.82, 2.24) is 4.90 Å². The van der Waals surface area contributed by atoms with Gasteiger partial charge in [0, 0.05) is 12.2 Å². The summed E-state index contributed by atoms with van der Waals surface area (Å²) < 4.78 is 0. The number of benzene rings is 1. The molecule has 1 fully saturated rings. The standard InChI is InChI=1S/C15H19NO3S/c17-14(16-11-20-10-13(16)15(18)19)9-5-4-8-12-6-2-1-3-7-12/h1-3,6-7,13H,4-5,8-11H2,(H,18,19)/t13-/m0/s1. The summed E-state index contributed by atoms with van der Waals surface area (Å²) in [6.45, 7) is 0. The lowest BCUT2D eigenvalue weighted by molar-refractivity contribution is -0.147. The van der Waals surface area contributed by atoms with Crippen LogP contribution >= 0.6 is 11.8 Å². The van der Waals surface area contributed by atoms with Crippen LogP contribution in [-0.2, 0) is 16.0 Å². The Morgan fingerprint density at radius 2 is 2.00 bits per heavy atom. The van der Waals surface area contributed by atoms with Crippen molar-refractivity contribution in [3.05, 3.63) is 35.9 Å². The first-order valence-electron chi connectivity index (χ1n) is 6.82. The summed E-state index contributed by atoms with van der Waals surface area (Å²) in [5.41, 5.74) is 1.28. The van der Waals surface area contributed by atoms with Crippen LogP contribution in [0.1, 0.15) is 24.8 Å². The molecule has 1 saturated heterocycles. The normalized spacial score (nSPS) is 18.2. The number of thioether (sulfide) groups is 1. The number of carboxylic acids is 1. The number of hydrogen-bond donors (Lipinski definition) is 1. The van der Waals surface area contributed by atoms with Crippen LogP contribution in [0.15, 0.2) is 30.3 Å². The van der Waals surface area contributed by atoms with Crippen molar-refractivity contribution >= 4 is 23.6 Å². The molecule has 2 rings (SSSR count). The van der Waals surface area contributed by atoms with E-state index in [2.05, 4.69) is 12.1 Å². The number of carboxylic acid groups (broad SMARTS) is 1. The largest absolute Gasteiger partial charge is 0.480 e. The summed E-state index contributed by atoms with van der Waals surface area (Å²) in [5, 5.41) is 9.05. The maximum absolute atomic E-state index is 12.0. The van der Waals surface area contributed by atoms with Crippen LogP contribution in [-0.4, -0.2) is 39.6 Å². The molecule has 0 spiro atoms. The number of aliphatic carboxylic acids is 1. The quantitative estimate of drug-likeness (QED) is 0.818. The summed E-state index contributed by atoms with van der Waals surface area (Å²) in [6.07, 6.45) is 3.16. The number of amides is 1. The molecule has 1 amide bonds. The molecule has 0 unspecified atom stereocenters. The Morgan fingerprint density at radius 1 is 1.25 bits per heavy atom. The average molecular weight is 293 g/mol. The minimum Gasteiger partial charge on any atom is -0.480 e. The lowest BCUT2D eigenvalue weighted by Gasteiger charge is -2.20. The van der Waals surface area contributed by atoms with Gasteiger partial charge in [-0.15, -0.1) is 11.8 Å². The second-order valence-electron chi connectivity index (χ2n) is 4.91. The Kier molecular flexibility index (Phi) is 5.47. The fourth-order valence-electron chi connectivity index (χ4n) is 2.29. The molecule has 1 heterocycles. The molecule has 0 aromatic heterocycles. The fourth-order valence-corrected chi connectivity index (χ4v) is 3.46. The smallest absolute Gasteiger partial charge is 0.327 e. The van der Waals surface area contributed by atoms with Crippen LogP contribution < -0.4 is 0 Å². The molecule has 108 valence electrons. The summed E-state index contributed by atoms with van der Waals surface area (Å²) >= 11 is 1.51. The van der Waals surface area contributed by atoms with Crippen LogP contribution in [0.3, 0.4) is 0 Å². The van der Waals surface area contributed by atoms with Gasteiger partial charge < -0.3 is 10.0 Å². The van der Waals surface area contributed by atoms with Gasteiger partial charge in [0.1, 0.15) is 6.04 Å². The van der Waals surface area contributed by atoms with E-state index in [1.165, 1.54) is 22.2 Å². The summed E-state index contributed by atoms with van der Waals surface area (Å²) in [5.74, 6) is 0.0858. The lowest BCUT2D eigenvalue weighted by Crippen LogP contribution is -2.41. The SMILES string of the molecule is O=C(O)[C@@H]1CSCN1C(=O)CCCCc1ccccc1. The van der Waals surface area contributed by atoms with Crippen LogP contribution in [0, 0.1) is 0 Å². The molecule has 4 nitrogen and oxygen atoms in total. The molecule has 0 saturated carbocycles. The van der Waals surface area contributed by atoms with Crippen LogP contribution in [0.4, 0.5) is 0 Å². The Morgan fingerprint density at radius 3 is 2.70 bits per heavy atom. The van der Waals surface area contributed by atoms with E-state index in [-0.39, 0.29) is 5.91 Å². The topological polar surface area (TPSA) is 57.6 Å².